The van der Waals surface area contributed by atoms with E-state index in [-0.39, 0.29) is 0 Å². The standard InChI is InChI=1S/C12H9BrN2OS/c1-6-11(7(2)16-15-6)8-3-4-10-9(5-8)14-12(13)17-10/h3-5H,1-2H3. The van der Waals surface area contributed by atoms with Crippen LogP contribution in [0.15, 0.2) is 26.6 Å². The molecule has 2 heterocycles. The van der Waals surface area contributed by atoms with Crippen molar-refractivity contribution in [2.24, 2.45) is 0 Å². The third-order valence-electron chi connectivity index (χ3n) is 2.68. The molecule has 0 unspecified atom stereocenters. The molecule has 0 saturated heterocycles. The van der Waals surface area contributed by atoms with Crippen LogP contribution in [0.1, 0.15) is 11.5 Å². The minimum absolute atomic E-state index is 0.844. The van der Waals surface area contributed by atoms with Crippen molar-refractivity contribution in [1.82, 2.24) is 10.1 Å². The van der Waals surface area contributed by atoms with Crippen LogP contribution < -0.4 is 0 Å². The molecule has 0 bridgehead atoms. The fraction of sp³-hybridized carbons (Fsp3) is 0.167. The van der Waals surface area contributed by atoms with Gasteiger partial charge in [-0.25, -0.2) is 4.98 Å². The Morgan fingerprint density at radius 1 is 1.29 bits per heavy atom. The lowest BCUT2D eigenvalue weighted by molar-refractivity contribution is 0.393. The summed E-state index contributed by atoms with van der Waals surface area (Å²) in [6.07, 6.45) is 0. The molecule has 3 aromatic rings. The maximum absolute atomic E-state index is 5.19. The highest BCUT2D eigenvalue weighted by atomic mass is 79.9. The van der Waals surface area contributed by atoms with Crippen molar-refractivity contribution >= 4 is 37.5 Å². The number of aryl methyl sites for hydroxylation is 2. The third-order valence-corrected chi connectivity index (χ3v) is 4.17. The van der Waals surface area contributed by atoms with E-state index in [0.717, 1.165) is 32.0 Å². The van der Waals surface area contributed by atoms with Gasteiger partial charge in [-0.1, -0.05) is 11.2 Å². The zero-order valence-electron chi connectivity index (χ0n) is 9.32. The summed E-state index contributed by atoms with van der Waals surface area (Å²) in [4.78, 5) is 4.43. The van der Waals surface area contributed by atoms with E-state index in [4.69, 9.17) is 4.52 Å². The van der Waals surface area contributed by atoms with Gasteiger partial charge in [0.2, 0.25) is 0 Å². The number of hydrogen-bond acceptors (Lipinski definition) is 4. The van der Waals surface area contributed by atoms with Gasteiger partial charge in [-0.3, -0.25) is 0 Å². The Balaban J connectivity index is 2.24. The predicted octanol–water partition coefficient (Wildman–Crippen LogP) is 4.33. The normalized spacial score (nSPS) is 11.2. The highest BCUT2D eigenvalue weighted by molar-refractivity contribution is 9.11. The summed E-state index contributed by atoms with van der Waals surface area (Å²) in [7, 11) is 0. The van der Waals surface area contributed by atoms with Gasteiger partial charge in [0.05, 0.1) is 15.9 Å². The van der Waals surface area contributed by atoms with Crippen LogP contribution in [-0.4, -0.2) is 10.1 Å². The summed E-state index contributed by atoms with van der Waals surface area (Å²) in [6.45, 7) is 3.88. The second-order valence-electron chi connectivity index (χ2n) is 3.85. The van der Waals surface area contributed by atoms with E-state index in [2.05, 4.69) is 44.3 Å². The highest BCUT2D eigenvalue weighted by Gasteiger charge is 2.12. The molecule has 1 aromatic carbocycles. The summed E-state index contributed by atoms with van der Waals surface area (Å²) < 4.78 is 7.27. The van der Waals surface area contributed by atoms with Crippen molar-refractivity contribution in [2.75, 3.05) is 0 Å². The van der Waals surface area contributed by atoms with Crippen molar-refractivity contribution < 1.29 is 4.52 Å². The molecule has 2 aromatic heterocycles. The molecule has 0 radical (unpaired) electrons. The van der Waals surface area contributed by atoms with E-state index in [9.17, 15) is 0 Å². The van der Waals surface area contributed by atoms with Crippen LogP contribution in [0.4, 0.5) is 0 Å². The van der Waals surface area contributed by atoms with Gasteiger partial charge in [0.15, 0.2) is 3.92 Å². The zero-order valence-corrected chi connectivity index (χ0v) is 11.7. The summed E-state index contributed by atoms with van der Waals surface area (Å²) in [5, 5.41) is 3.98. The minimum atomic E-state index is 0.844. The SMILES string of the molecule is Cc1noc(C)c1-c1ccc2sc(Br)nc2c1. The average molecular weight is 309 g/mol. The Bertz CT molecular complexity index is 682. The lowest BCUT2D eigenvalue weighted by atomic mass is 10.0. The molecule has 0 aliphatic rings. The lowest BCUT2D eigenvalue weighted by Crippen LogP contribution is -1.81. The average Bonchev–Trinajstić information content (AvgIpc) is 2.80. The van der Waals surface area contributed by atoms with Gasteiger partial charge in [-0.2, -0.15) is 0 Å². The van der Waals surface area contributed by atoms with Crippen LogP contribution in [0.3, 0.4) is 0 Å². The van der Waals surface area contributed by atoms with Gasteiger partial charge in [0.1, 0.15) is 5.76 Å². The monoisotopic (exact) mass is 308 g/mol. The van der Waals surface area contributed by atoms with Crippen molar-refractivity contribution in [1.29, 1.82) is 0 Å². The Kier molecular flexibility index (Phi) is 2.52. The molecule has 0 aliphatic carbocycles. The highest BCUT2D eigenvalue weighted by Crippen LogP contribution is 2.32. The second kappa shape index (κ2) is 3.92. The van der Waals surface area contributed by atoms with Gasteiger partial charge in [0.25, 0.3) is 0 Å². The van der Waals surface area contributed by atoms with Crippen molar-refractivity contribution in [3.8, 4) is 11.1 Å². The first kappa shape index (κ1) is 10.9. The number of fused-ring (bicyclic) bond motifs is 1. The van der Waals surface area contributed by atoms with Crippen LogP contribution >= 0.6 is 27.3 Å². The molecular formula is C12H9BrN2OS. The Morgan fingerprint density at radius 2 is 2.12 bits per heavy atom. The number of benzene rings is 1. The van der Waals surface area contributed by atoms with E-state index < -0.39 is 0 Å². The van der Waals surface area contributed by atoms with Gasteiger partial charge in [-0.05, 0) is 47.5 Å². The van der Waals surface area contributed by atoms with Gasteiger partial charge in [-0.15, -0.1) is 11.3 Å². The molecule has 86 valence electrons. The summed E-state index contributed by atoms with van der Waals surface area (Å²) in [5.74, 6) is 0.844. The van der Waals surface area contributed by atoms with Gasteiger partial charge < -0.3 is 4.52 Å². The fourth-order valence-electron chi connectivity index (χ4n) is 1.95. The van der Waals surface area contributed by atoms with Gasteiger partial charge >= 0.3 is 0 Å². The largest absolute Gasteiger partial charge is 0.361 e. The first-order valence-corrected chi connectivity index (χ1v) is 6.75. The van der Waals surface area contributed by atoms with Crippen molar-refractivity contribution in [3.05, 3.63) is 33.6 Å². The summed E-state index contributed by atoms with van der Waals surface area (Å²) in [5.41, 5.74) is 4.08. The first-order valence-electron chi connectivity index (χ1n) is 5.14. The maximum atomic E-state index is 5.19. The van der Waals surface area contributed by atoms with E-state index in [0.29, 0.717) is 0 Å². The zero-order chi connectivity index (χ0) is 12.0. The number of hydrogen-bond donors (Lipinski definition) is 0. The molecule has 0 aliphatic heterocycles. The molecule has 0 N–H and O–H groups in total. The molecule has 0 saturated carbocycles. The van der Waals surface area contributed by atoms with Crippen molar-refractivity contribution in [2.45, 2.75) is 13.8 Å². The Labute approximate surface area is 111 Å². The summed E-state index contributed by atoms with van der Waals surface area (Å²) >= 11 is 5.04. The Hall–Kier alpha value is -1.20. The van der Waals surface area contributed by atoms with E-state index in [1.165, 1.54) is 4.70 Å². The number of thiazole rings is 1. The fourth-order valence-corrected chi connectivity index (χ4v) is 3.33. The van der Waals surface area contributed by atoms with Crippen LogP contribution in [0.25, 0.3) is 21.3 Å². The molecule has 0 atom stereocenters. The first-order chi connectivity index (χ1) is 8.15. The topological polar surface area (TPSA) is 38.9 Å². The second-order valence-corrected chi connectivity index (χ2v) is 6.16. The van der Waals surface area contributed by atoms with Crippen LogP contribution in [0.5, 0.6) is 0 Å². The molecule has 0 amide bonds. The van der Waals surface area contributed by atoms with E-state index in [1.807, 2.05) is 13.8 Å². The molecule has 0 spiro atoms. The van der Waals surface area contributed by atoms with Crippen LogP contribution in [0, 0.1) is 13.8 Å². The minimum Gasteiger partial charge on any atom is -0.361 e. The van der Waals surface area contributed by atoms with E-state index in [1.54, 1.807) is 11.3 Å². The number of halogens is 1. The molecule has 17 heavy (non-hydrogen) atoms. The third kappa shape index (κ3) is 1.79. The smallest absolute Gasteiger partial charge is 0.160 e. The molecule has 3 nitrogen and oxygen atoms in total. The quantitative estimate of drug-likeness (QED) is 0.671. The van der Waals surface area contributed by atoms with Crippen LogP contribution in [0.2, 0.25) is 0 Å². The molecule has 0 fully saturated rings. The number of rotatable bonds is 1. The lowest BCUT2D eigenvalue weighted by Gasteiger charge is -1.99. The van der Waals surface area contributed by atoms with Gasteiger partial charge in [0, 0.05) is 5.56 Å². The maximum Gasteiger partial charge on any atom is 0.160 e. The van der Waals surface area contributed by atoms with Crippen LogP contribution in [-0.2, 0) is 0 Å². The summed E-state index contributed by atoms with van der Waals surface area (Å²) in [6, 6.07) is 6.24. The van der Waals surface area contributed by atoms with E-state index >= 15 is 0 Å². The predicted molar refractivity (Wildman–Crippen MR) is 72.3 cm³/mol. The Morgan fingerprint density at radius 3 is 2.82 bits per heavy atom. The number of nitrogens with zero attached hydrogens (tertiary/aromatic N) is 2. The molecule has 5 heteroatoms. The molecule has 3 rings (SSSR count). The number of aromatic nitrogens is 2. The molecular weight excluding hydrogens is 300 g/mol. The van der Waals surface area contributed by atoms with Crippen molar-refractivity contribution in [3.63, 3.8) is 0 Å².